The molecule has 0 saturated carbocycles. The molecule has 0 N–H and O–H groups in total. The predicted molar refractivity (Wildman–Crippen MR) is 103 cm³/mol. The number of methoxy groups -OCH3 is 1. The Kier molecular flexibility index (Phi) is 5.12. The molecular formula is C22H23N3O2. The van der Waals surface area contributed by atoms with Gasteiger partial charge < -0.3 is 4.74 Å². The Labute approximate surface area is 159 Å². The lowest BCUT2D eigenvalue weighted by Crippen LogP contribution is -2.14. The normalized spacial score (nSPS) is 13.4. The molecule has 4 aliphatic rings. The summed E-state index contributed by atoms with van der Waals surface area (Å²) in [4.78, 5) is 13.0. The van der Waals surface area contributed by atoms with E-state index in [-0.39, 0.29) is 12.3 Å². The monoisotopic (exact) mass is 361 g/mol. The standard InChI is InChI=1S/C22H23N3O2/c1-27-15-20-13-25(24-23-20)14-22(26)21-12-18-7-6-16-2-4-17(5-3-16)8-10-19(21)11-9-18/h2-5,9,11-13H,6-8,10,14-15H2,1H3. The van der Waals surface area contributed by atoms with Gasteiger partial charge in [0.1, 0.15) is 12.2 Å². The second-order valence-electron chi connectivity index (χ2n) is 7.07. The van der Waals surface area contributed by atoms with E-state index < -0.39 is 0 Å². The summed E-state index contributed by atoms with van der Waals surface area (Å²) < 4.78 is 6.65. The molecule has 2 aromatic carbocycles. The lowest BCUT2D eigenvalue weighted by atomic mass is 9.92. The van der Waals surface area contributed by atoms with Gasteiger partial charge in [0.15, 0.2) is 5.78 Å². The fourth-order valence-electron chi connectivity index (χ4n) is 3.56. The van der Waals surface area contributed by atoms with Crippen LogP contribution in [-0.2, 0) is 43.6 Å². The highest BCUT2D eigenvalue weighted by molar-refractivity contribution is 5.97. The van der Waals surface area contributed by atoms with Crippen LogP contribution < -0.4 is 0 Å². The fraction of sp³-hybridized carbons (Fsp3) is 0.318. The molecule has 4 aliphatic carbocycles. The number of ketones is 1. The van der Waals surface area contributed by atoms with E-state index in [9.17, 15) is 4.79 Å². The molecule has 0 radical (unpaired) electrons. The van der Waals surface area contributed by atoms with E-state index in [1.807, 2.05) is 0 Å². The Hall–Kier alpha value is -2.79. The number of carbonyl (C=O) groups excluding carboxylic acids is 1. The molecule has 27 heavy (non-hydrogen) atoms. The van der Waals surface area contributed by atoms with E-state index in [1.54, 1.807) is 18.0 Å². The number of carbonyl (C=O) groups is 1. The van der Waals surface area contributed by atoms with Gasteiger partial charge in [0.05, 0.1) is 12.8 Å². The van der Waals surface area contributed by atoms with Crippen molar-refractivity contribution in [1.29, 1.82) is 0 Å². The molecule has 0 atom stereocenters. The molecule has 0 saturated heterocycles. The molecule has 0 fully saturated rings. The first-order chi connectivity index (χ1) is 13.2. The smallest absolute Gasteiger partial charge is 0.184 e. The number of nitrogens with zero attached hydrogens (tertiary/aromatic N) is 3. The maximum atomic E-state index is 13.0. The summed E-state index contributed by atoms with van der Waals surface area (Å²) in [6, 6.07) is 15.2. The van der Waals surface area contributed by atoms with Crippen LogP contribution in [0.15, 0.2) is 48.7 Å². The van der Waals surface area contributed by atoms with Gasteiger partial charge in [-0.3, -0.25) is 4.79 Å². The van der Waals surface area contributed by atoms with Gasteiger partial charge in [-0.15, -0.1) is 5.10 Å². The number of ether oxygens (including phenoxy) is 1. The van der Waals surface area contributed by atoms with E-state index in [1.165, 1.54) is 16.7 Å². The van der Waals surface area contributed by atoms with Crippen molar-refractivity contribution in [2.75, 3.05) is 7.11 Å². The minimum absolute atomic E-state index is 0.0756. The Morgan fingerprint density at radius 2 is 1.67 bits per heavy atom. The molecule has 7 rings (SSSR count). The second-order valence-corrected chi connectivity index (χ2v) is 7.07. The van der Waals surface area contributed by atoms with Crippen molar-refractivity contribution in [3.63, 3.8) is 0 Å². The van der Waals surface area contributed by atoms with Gasteiger partial charge in [-0.25, -0.2) is 4.68 Å². The Balaban J connectivity index is 1.59. The maximum Gasteiger partial charge on any atom is 0.184 e. The quantitative estimate of drug-likeness (QED) is 0.655. The Bertz CT molecular complexity index is 944. The third-order valence-corrected chi connectivity index (χ3v) is 5.07. The van der Waals surface area contributed by atoms with Crippen molar-refractivity contribution in [3.8, 4) is 0 Å². The Morgan fingerprint density at radius 1 is 1.00 bits per heavy atom. The van der Waals surface area contributed by atoms with Gasteiger partial charge in [-0.1, -0.05) is 41.6 Å². The van der Waals surface area contributed by atoms with Crippen LogP contribution in [0.1, 0.15) is 38.3 Å². The SMILES string of the molecule is COCc1cn(CC(=O)c2cc3ccc2CCc2ccc(cc2)CC3)nn1. The zero-order valence-corrected chi connectivity index (χ0v) is 15.5. The summed E-state index contributed by atoms with van der Waals surface area (Å²) in [5, 5.41) is 8.08. The topological polar surface area (TPSA) is 57.0 Å². The predicted octanol–water partition coefficient (Wildman–Crippen LogP) is 3.19. The highest BCUT2D eigenvalue weighted by Gasteiger charge is 2.15. The molecule has 138 valence electrons. The van der Waals surface area contributed by atoms with Crippen molar-refractivity contribution < 1.29 is 9.53 Å². The zero-order valence-electron chi connectivity index (χ0n) is 15.5. The molecule has 1 heterocycles. The highest BCUT2D eigenvalue weighted by Crippen LogP contribution is 2.20. The van der Waals surface area contributed by atoms with Gasteiger partial charge in [0, 0.05) is 12.7 Å². The van der Waals surface area contributed by atoms with Crippen LogP contribution in [0.5, 0.6) is 0 Å². The molecular weight excluding hydrogens is 338 g/mol. The first-order valence-electron chi connectivity index (χ1n) is 9.32. The molecule has 0 amide bonds. The molecule has 5 nitrogen and oxygen atoms in total. The lowest BCUT2D eigenvalue weighted by Gasteiger charge is -2.14. The number of hydrogen-bond acceptors (Lipinski definition) is 4. The number of rotatable bonds is 5. The molecule has 1 aromatic heterocycles. The van der Waals surface area contributed by atoms with Crippen LogP contribution >= 0.6 is 0 Å². The number of aryl methyl sites for hydroxylation is 4. The van der Waals surface area contributed by atoms with Crippen molar-refractivity contribution in [1.82, 2.24) is 15.0 Å². The summed E-state index contributed by atoms with van der Waals surface area (Å²) in [5.74, 6) is 0.0756. The molecule has 0 unspecified atom stereocenters. The third kappa shape index (κ3) is 4.14. The van der Waals surface area contributed by atoms with Crippen LogP contribution in [0.2, 0.25) is 0 Å². The Morgan fingerprint density at radius 3 is 2.41 bits per heavy atom. The molecule has 0 aliphatic heterocycles. The van der Waals surface area contributed by atoms with E-state index in [4.69, 9.17) is 4.74 Å². The van der Waals surface area contributed by atoms with Crippen molar-refractivity contribution in [3.05, 3.63) is 82.2 Å². The number of hydrogen-bond donors (Lipinski definition) is 0. The summed E-state index contributed by atoms with van der Waals surface area (Å²) in [6.07, 6.45) is 5.47. The van der Waals surface area contributed by atoms with Crippen LogP contribution in [0.4, 0.5) is 0 Å². The van der Waals surface area contributed by atoms with Gasteiger partial charge in [0.2, 0.25) is 0 Å². The van der Waals surface area contributed by atoms with Crippen LogP contribution in [0, 0.1) is 0 Å². The minimum atomic E-state index is 0.0756. The minimum Gasteiger partial charge on any atom is -0.378 e. The maximum absolute atomic E-state index is 13.0. The summed E-state index contributed by atoms with van der Waals surface area (Å²) in [6.45, 7) is 0.592. The van der Waals surface area contributed by atoms with E-state index in [0.717, 1.165) is 42.5 Å². The fourth-order valence-corrected chi connectivity index (χ4v) is 3.56. The number of Topliss-reactive ketones (excluding diaryl/α,β-unsaturated/α-hetero) is 1. The van der Waals surface area contributed by atoms with E-state index >= 15 is 0 Å². The van der Waals surface area contributed by atoms with Gasteiger partial charge in [-0.05, 0) is 54.0 Å². The second kappa shape index (κ2) is 7.84. The molecule has 4 bridgehead atoms. The largest absolute Gasteiger partial charge is 0.378 e. The first-order valence-corrected chi connectivity index (χ1v) is 9.32. The van der Waals surface area contributed by atoms with Crippen molar-refractivity contribution in [2.24, 2.45) is 0 Å². The molecule has 0 spiro atoms. The average molecular weight is 361 g/mol. The van der Waals surface area contributed by atoms with Crippen molar-refractivity contribution >= 4 is 5.78 Å². The van der Waals surface area contributed by atoms with Gasteiger partial charge in [-0.2, -0.15) is 0 Å². The van der Waals surface area contributed by atoms with Gasteiger partial charge >= 0.3 is 0 Å². The highest BCUT2D eigenvalue weighted by atomic mass is 16.5. The average Bonchev–Trinajstić information content (AvgIpc) is 3.11. The number of benzene rings is 2. The molecule has 3 aromatic rings. The summed E-state index contributed by atoms with van der Waals surface area (Å²) >= 11 is 0. The van der Waals surface area contributed by atoms with Crippen LogP contribution in [0.3, 0.4) is 0 Å². The van der Waals surface area contributed by atoms with Crippen LogP contribution in [-0.4, -0.2) is 27.9 Å². The zero-order chi connectivity index (χ0) is 18.6. The molecule has 5 heteroatoms. The van der Waals surface area contributed by atoms with Crippen LogP contribution in [0.25, 0.3) is 0 Å². The first kappa shape index (κ1) is 17.6. The van der Waals surface area contributed by atoms with Gasteiger partial charge in [0.25, 0.3) is 0 Å². The van der Waals surface area contributed by atoms with Crippen molar-refractivity contribution in [2.45, 2.75) is 38.8 Å². The van der Waals surface area contributed by atoms with E-state index in [2.05, 4.69) is 52.8 Å². The summed E-state index contributed by atoms with van der Waals surface area (Å²) in [5.41, 5.74) is 6.48. The van der Waals surface area contributed by atoms with E-state index in [0.29, 0.717) is 6.61 Å². The summed E-state index contributed by atoms with van der Waals surface area (Å²) in [7, 11) is 1.62. The third-order valence-electron chi connectivity index (χ3n) is 5.07. The lowest BCUT2D eigenvalue weighted by molar-refractivity contribution is 0.0966. The number of aromatic nitrogens is 3.